The SMILES string of the molecule is O=C(c1ccccc1)N(O)c1cc2c(O)c(c1)Sc1cc([N+](=O)[O-])cc(c1O)Sc1cc(N(O)C(=O)c3ccccc3)cc(c1O)Sc1cc([N+](=O)[O-])cc(c1O)S2. The van der Waals surface area contributed by atoms with Crippen LogP contribution < -0.4 is 10.1 Å². The van der Waals surface area contributed by atoms with Crippen molar-refractivity contribution in [1.82, 2.24) is 0 Å². The highest BCUT2D eigenvalue weighted by Gasteiger charge is 2.28. The summed E-state index contributed by atoms with van der Waals surface area (Å²) >= 11 is 2.36. The number of amides is 2. The summed E-state index contributed by atoms with van der Waals surface area (Å²) in [5.41, 5.74) is -1.37. The summed E-state index contributed by atoms with van der Waals surface area (Å²) in [6.07, 6.45) is 0. The molecule has 58 heavy (non-hydrogen) atoms. The fraction of sp³-hybridized carbons (Fsp3) is 0. The molecule has 6 N–H and O–H groups in total. The molecule has 0 unspecified atom stereocenters. The van der Waals surface area contributed by atoms with E-state index in [1.54, 1.807) is 36.4 Å². The number of phenolic OH excluding ortho intramolecular Hbond substituents is 4. The number of hydrogen-bond acceptors (Lipinski definition) is 16. The van der Waals surface area contributed by atoms with Crippen LogP contribution in [0.5, 0.6) is 23.0 Å². The number of hydrogen-bond donors (Lipinski definition) is 6. The second-order valence-electron chi connectivity index (χ2n) is 12.1. The highest BCUT2D eigenvalue weighted by Crippen LogP contribution is 2.55. The number of nitro benzene ring substituents is 2. The Hall–Kier alpha value is -6.42. The largest absolute Gasteiger partial charge is 0.506 e. The third-order valence-corrected chi connectivity index (χ3v) is 12.6. The van der Waals surface area contributed by atoms with E-state index in [1.807, 2.05) is 0 Å². The van der Waals surface area contributed by atoms with Crippen LogP contribution in [0.2, 0.25) is 0 Å². The quantitative estimate of drug-likeness (QED) is 0.0518. The summed E-state index contributed by atoms with van der Waals surface area (Å²) in [6.45, 7) is 0. The van der Waals surface area contributed by atoms with E-state index in [0.717, 1.165) is 48.5 Å². The third-order valence-electron chi connectivity index (χ3n) is 8.32. The van der Waals surface area contributed by atoms with Crippen LogP contribution >= 0.6 is 47.0 Å². The Kier molecular flexibility index (Phi) is 11.1. The van der Waals surface area contributed by atoms with E-state index in [2.05, 4.69) is 0 Å². The fourth-order valence-electron chi connectivity index (χ4n) is 5.47. The summed E-state index contributed by atoms with van der Waals surface area (Å²) in [6, 6.07) is 24.0. The molecule has 0 aliphatic carbocycles. The Morgan fingerprint density at radius 2 is 0.690 bits per heavy atom. The van der Waals surface area contributed by atoms with Crippen molar-refractivity contribution >= 4 is 81.6 Å². The number of rotatable bonds is 6. The van der Waals surface area contributed by atoms with E-state index in [9.17, 15) is 60.7 Å². The van der Waals surface area contributed by atoms with Crippen molar-refractivity contribution in [3.05, 3.63) is 141 Å². The van der Waals surface area contributed by atoms with Gasteiger partial charge in [-0.15, -0.1) is 0 Å². The van der Waals surface area contributed by atoms with Gasteiger partial charge in [0, 0.05) is 35.4 Å². The number of aromatic hydroxyl groups is 4. The van der Waals surface area contributed by atoms with E-state index in [-0.39, 0.29) is 71.8 Å². The number of phenols is 4. The summed E-state index contributed by atoms with van der Waals surface area (Å²) < 4.78 is 0. The second kappa shape index (κ2) is 16.2. The van der Waals surface area contributed by atoms with Gasteiger partial charge in [0.25, 0.3) is 23.2 Å². The Labute approximate surface area is 343 Å². The van der Waals surface area contributed by atoms with Gasteiger partial charge in [0.05, 0.1) is 60.4 Å². The maximum Gasteiger partial charge on any atom is 0.281 e. The molecule has 0 atom stereocenters. The molecule has 292 valence electrons. The third kappa shape index (κ3) is 7.92. The van der Waals surface area contributed by atoms with Crippen LogP contribution in [0.3, 0.4) is 0 Å². The number of benzene rings is 6. The topological polar surface area (TPSA) is 248 Å². The zero-order chi connectivity index (χ0) is 41.4. The minimum Gasteiger partial charge on any atom is -0.506 e. The van der Waals surface area contributed by atoms with Crippen LogP contribution in [0.1, 0.15) is 20.7 Å². The minimum atomic E-state index is -0.888. The van der Waals surface area contributed by atoms with E-state index in [1.165, 1.54) is 24.3 Å². The molecule has 1 aliphatic rings. The lowest BCUT2D eigenvalue weighted by atomic mass is 10.2. The number of non-ortho nitro benzene ring substituents is 2. The van der Waals surface area contributed by atoms with Crippen molar-refractivity contribution in [2.24, 2.45) is 0 Å². The first kappa shape index (κ1) is 39.8. The van der Waals surface area contributed by atoms with Gasteiger partial charge in [0.15, 0.2) is 0 Å². The molecule has 1 aliphatic heterocycles. The zero-order valence-corrected chi connectivity index (χ0v) is 32.2. The second-order valence-corrected chi connectivity index (χ2v) is 16.4. The minimum absolute atomic E-state index is 0.0790. The molecule has 0 aromatic heterocycles. The summed E-state index contributed by atoms with van der Waals surface area (Å²) in [5, 5.41) is 93.7. The zero-order valence-electron chi connectivity index (χ0n) is 28.9. The maximum absolute atomic E-state index is 13.3. The molecule has 7 rings (SSSR count). The molecule has 0 spiro atoms. The number of nitro groups is 2. The number of carbonyl (C=O) groups is 2. The number of fused-ring (bicyclic) bond motifs is 8. The van der Waals surface area contributed by atoms with Crippen LogP contribution in [0.15, 0.2) is 148 Å². The molecule has 0 fully saturated rings. The van der Waals surface area contributed by atoms with Crippen molar-refractivity contribution in [2.75, 3.05) is 10.1 Å². The number of hydroxylamine groups is 2. The van der Waals surface area contributed by atoms with Crippen molar-refractivity contribution in [3.8, 4) is 23.0 Å². The molecule has 6 aromatic carbocycles. The highest BCUT2D eigenvalue weighted by atomic mass is 32.2. The lowest BCUT2D eigenvalue weighted by Crippen LogP contribution is -2.27. The first-order valence-corrected chi connectivity index (χ1v) is 19.6. The normalized spacial score (nSPS) is 12.0. The van der Waals surface area contributed by atoms with Gasteiger partial charge in [-0.1, -0.05) is 83.4 Å². The van der Waals surface area contributed by atoms with Gasteiger partial charge in [0.1, 0.15) is 23.0 Å². The van der Waals surface area contributed by atoms with Gasteiger partial charge in [-0.2, -0.15) is 10.1 Å². The average Bonchev–Trinajstić information content (AvgIpc) is 3.22. The monoisotopic (exact) mass is 856 g/mol. The standard InChI is InChI=1S/C38H24N4O12S4/c43-33-25-11-21(39(49)37(47)19-7-3-1-4-8-19)12-26(33)56-30-16-24(42(53)54)18-32(36(30)46)58-28-14-22(40(50)38(48)20-9-5-2-6-10-20)13-27(34(28)44)57-31-17-23(41(51)52)15-29(55-25)35(31)45/h1-18,43-46,49-50H. The van der Waals surface area contributed by atoms with Crippen molar-refractivity contribution in [1.29, 1.82) is 0 Å². The van der Waals surface area contributed by atoms with Gasteiger partial charge in [0.2, 0.25) is 0 Å². The molecule has 0 saturated heterocycles. The first-order valence-electron chi connectivity index (χ1n) is 16.3. The van der Waals surface area contributed by atoms with Crippen LogP contribution in [0, 0.1) is 20.2 Å². The fourth-order valence-corrected chi connectivity index (χ4v) is 9.76. The molecule has 8 bridgehead atoms. The number of carbonyl (C=O) groups excluding carboxylic acids is 2. The summed E-state index contributed by atoms with van der Waals surface area (Å²) in [5.74, 6) is -4.00. The molecule has 1 heterocycles. The van der Waals surface area contributed by atoms with E-state index in [4.69, 9.17) is 0 Å². The van der Waals surface area contributed by atoms with Crippen LogP contribution in [0.25, 0.3) is 0 Å². The summed E-state index contributed by atoms with van der Waals surface area (Å²) in [7, 11) is 0. The lowest BCUT2D eigenvalue weighted by molar-refractivity contribution is -0.385. The van der Waals surface area contributed by atoms with E-state index < -0.39 is 56.0 Å². The van der Waals surface area contributed by atoms with Gasteiger partial charge in [-0.25, -0.2) is 0 Å². The van der Waals surface area contributed by atoms with Gasteiger partial charge < -0.3 is 20.4 Å². The van der Waals surface area contributed by atoms with Crippen molar-refractivity contribution in [2.45, 2.75) is 39.2 Å². The number of nitrogens with zero attached hydrogens (tertiary/aromatic N) is 4. The van der Waals surface area contributed by atoms with E-state index in [0.29, 0.717) is 47.0 Å². The molecule has 0 saturated carbocycles. The van der Waals surface area contributed by atoms with Crippen molar-refractivity contribution < 1.29 is 50.3 Å². The molecule has 16 nitrogen and oxygen atoms in total. The molecule has 6 aromatic rings. The molecule has 0 radical (unpaired) electrons. The van der Waals surface area contributed by atoms with E-state index >= 15 is 0 Å². The molecule has 2 amide bonds. The smallest absolute Gasteiger partial charge is 0.281 e. The predicted molar refractivity (Wildman–Crippen MR) is 212 cm³/mol. The Balaban J connectivity index is 1.46. The van der Waals surface area contributed by atoms with Crippen molar-refractivity contribution in [3.63, 3.8) is 0 Å². The maximum atomic E-state index is 13.3. The Morgan fingerprint density at radius 1 is 0.448 bits per heavy atom. The van der Waals surface area contributed by atoms with Crippen LogP contribution in [0.4, 0.5) is 22.7 Å². The lowest BCUT2D eigenvalue weighted by Gasteiger charge is -2.21. The van der Waals surface area contributed by atoms with Gasteiger partial charge in [-0.05, 0) is 48.5 Å². The Bertz CT molecular complexity index is 2390. The number of anilines is 2. The predicted octanol–water partition coefficient (Wildman–Crippen LogP) is 9.32. The first-order chi connectivity index (χ1) is 27.7. The average molecular weight is 857 g/mol. The molecular formula is C38H24N4O12S4. The highest BCUT2D eigenvalue weighted by molar-refractivity contribution is 8.01. The summed E-state index contributed by atoms with van der Waals surface area (Å²) in [4.78, 5) is 48.0. The van der Waals surface area contributed by atoms with Gasteiger partial charge in [-0.3, -0.25) is 40.2 Å². The Morgan fingerprint density at radius 3 is 0.931 bits per heavy atom. The van der Waals surface area contributed by atoms with Crippen LogP contribution in [-0.4, -0.2) is 52.5 Å². The molecule has 20 heteroatoms. The van der Waals surface area contributed by atoms with Gasteiger partial charge >= 0.3 is 0 Å². The van der Waals surface area contributed by atoms with Crippen LogP contribution in [-0.2, 0) is 0 Å². The molecular weight excluding hydrogens is 833 g/mol.